The molecule has 0 saturated carbocycles. The molecule has 2 aromatic carbocycles. The third-order valence-corrected chi connectivity index (χ3v) is 2.52. The quantitative estimate of drug-likeness (QED) is 0.695. The minimum atomic E-state index is -4.54. The minimum Gasteiger partial charge on any atom is -0.267 e. The van der Waals surface area contributed by atoms with Crippen molar-refractivity contribution >= 4 is 16.7 Å². The van der Waals surface area contributed by atoms with Crippen LogP contribution in [0.15, 0.2) is 36.4 Å². The Hall–Kier alpha value is -2.15. The van der Waals surface area contributed by atoms with Gasteiger partial charge in [-0.05, 0) is 17.5 Å². The van der Waals surface area contributed by atoms with Crippen LogP contribution in [0.5, 0.6) is 0 Å². The van der Waals surface area contributed by atoms with Crippen molar-refractivity contribution in [1.82, 2.24) is 5.48 Å². The highest BCUT2D eigenvalue weighted by molar-refractivity contribution is 6.06. The predicted molar refractivity (Wildman–Crippen MR) is 63.4 cm³/mol. The topological polar surface area (TPSA) is 38.3 Å². The van der Waals surface area contributed by atoms with Gasteiger partial charge in [-0.3, -0.25) is 9.63 Å². The lowest BCUT2D eigenvalue weighted by atomic mass is 10.0. The van der Waals surface area contributed by atoms with Gasteiger partial charge in [0.2, 0.25) is 0 Å². The first kappa shape index (κ1) is 14.3. The lowest BCUT2D eigenvalue weighted by molar-refractivity contribution is -0.184. The van der Waals surface area contributed by atoms with E-state index < -0.39 is 24.5 Å². The summed E-state index contributed by atoms with van der Waals surface area (Å²) in [4.78, 5) is 15.8. The first-order chi connectivity index (χ1) is 9.38. The fourth-order valence-electron chi connectivity index (χ4n) is 1.70. The van der Waals surface area contributed by atoms with Crippen molar-refractivity contribution in [1.29, 1.82) is 0 Å². The van der Waals surface area contributed by atoms with Crippen LogP contribution in [0.4, 0.5) is 17.6 Å². The minimum absolute atomic E-state index is 0.0316. The number of benzene rings is 2. The number of hydroxylamine groups is 1. The zero-order valence-electron chi connectivity index (χ0n) is 10.00. The second-order valence-electron chi connectivity index (χ2n) is 3.98. The van der Waals surface area contributed by atoms with E-state index in [1.165, 1.54) is 18.2 Å². The Morgan fingerprint density at radius 3 is 2.40 bits per heavy atom. The fourth-order valence-corrected chi connectivity index (χ4v) is 1.70. The second kappa shape index (κ2) is 5.46. The molecule has 7 heteroatoms. The molecule has 2 aromatic rings. The summed E-state index contributed by atoms with van der Waals surface area (Å²) < 4.78 is 49.2. The van der Waals surface area contributed by atoms with Gasteiger partial charge in [0.05, 0.1) is 0 Å². The first-order valence-corrected chi connectivity index (χ1v) is 5.54. The smallest absolute Gasteiger partial charge is 0.267 e. The van der Waals surface area contributed by atoms with Gasteiger partial charge in [-0.1, -0.05) is 24.3 Å². The summed E-state index contributed by atoms with van der Waals surface area (Å²) in [5, 5.41) is 0.497. The van der Waals surface area contributed by atoms with Gasteiger partial charge >= 0.3 is 6.18 Å². The van der Waals surface area contributed by atoms with Crippen molar-refractivity contribution in [3.8, 4) is 0 Å². The first-order valence-electron chi connectivity index (χ1n) is 5.54. The number of halogens is 4. The van der Waals surface area contributed by atoms with E-state index in [0.29, 0.717) is 5.39 Å². The number of nitrogens with one attached hydrogen (secondary N) is 1. The molecule has 0 aromatic heterocycles. The van der Waals surface area contributed by atoms with Crippen LogP contribution in [-0.2, 0) is 4.84 Å². The second-order valence-corrected chi connectivity index (χ2v) is 3.98. The van der Waals surface area contributed by atoms with Gasteiger partial charge in [0.1, 0.15) is 5.82 Å². The highest BCUT2D eigenvalue weighted by Gasteiger charge is 2.28. The molecule has 0 aliphatic heterocycles. The Labute approximate surface area is 111 Å². The number of hydrogen-bond acceptors (Lipinski definition) is 2. The predicted octanol–water partition coefficient (Wildman–Crippen LogP) is 3.20. The third-order valence-electron chi connectivity index (χ3n) is 2.52. The van der Waals surface area contributed by atoms with E-state index in [1.54, 1.807) is 17.6 Å². The molecule has 3 nitrogen and oxygen atoms in total. The van der Waals surface area contributed by atoms with Crippen LogP contribution in [0.1, 0.15) is 10.4 Å². The van der Waals surface area contributed by atoms with Crippen molar-refractivity contribution in [2.24, 2.45) is 0 Å². The normalized spacial score (nSPS) is 11.6. The molecule has 0 fully saturated rings. The summed E-state index contributed by atoms with van der Waals surface area (Å²) in [5.41, 5.74) is 1.72. The summed E-state index contributed by atoms with van der Waals surface area (Å²) in [6.07, 6.45) is -4.54. The fraction of sp³-hybridized carbons (Fsp3) is 0.154. The SMILES string of the molecule is O=C(NOCC(F)(F)F)c1ccc(F)c2ccccc12. The van der Waals surface area contributed by atoms with Crippen molar-refractivity contribution in [3.63, 3.8) is 0 Å². The summed E-state index contributed by atoms with van der Waals surface area (Å²) in [5.74, 6) is -1.39. The highest BCUT2D eigenvalue weighted by atomic mass is 19.4. The van der Waals surface area contributed by atoms with Gasteiger partial charge in [-0.15, -0.1) is 0 Å². The standard InChI is InChI=1S/C13H9F4NO2/c14-11-6-5-10(8-3-1-2-4-9(8)11)12(19)18-20-7-13(15,16)17/h1-6H,7H2,(H,18,19). The van der Waals surface area contributed by atoms with E-state index in [-0.39, 0.29) is 10.9 Å². The summed E-state index contributed by atoms with van der Waals surface area (Å²) in [7, 11) is 0. The number of fused-ring (bicyclic) bond motifs is 1. The number of hydrogen-bond donors (Lipinski definition) is 1. The van der Waals surface area contributed by atoms with Gasteiger partial charge < -0.3 is 0 Å². The maximum absolute atomic E-state index is 13.5. The molecule has 0 aliphatic rings. The van der Waals surface area contributed by atoms with Crippen LogP contribution in [-0.4, -0.2) is 18.7 Å². The summed E-state index contributed by atoms with van der Waals surface area (Å²) in [6, 6.07) is 8.41. The summed E-state index contributed by atoms with van der Waals surface area (Å²) in [6.45, 7) is -1.60. The van der Waals surface area contributed by atoms with Gasteiger partial charge in [0.25, 0.3) is 5.91 Å². The molecule has 2 rings (SSSR count). The maximum atomic E-state index is 13.5. The highest BCUT2D eigenvalue weighted by Crippen LogP contribution is 2.22. The lowest BCUT2D eigenvalue weighted by Crippen LogP contribution is -2.29. The number of alkyl halides is 3. The Kier molecular flexibility index (Phi) is 3.89. The molecular weight excluding hydrogens is 278 g/mol. The molecule has 0 saturated heterocycles. The molecule has 20 heavy (non-hydrogen) atoms. The van der Waals surface area contributed by atoms with E-state index in [4.69, 9.17) is 0 Å². The third kappa shape index (κ3) is 3.24. The van der Waals surface area contributed by atoms with E-state index in [9.17, 15) is 22.4 Å². The molecule has 1 N–H and O–H groups in total. The maximum Gasteiger partial charge on any atom is 0.414 e. The average molecular weight is 287 g/mol. The van der Waals surface area contributed by atoms with E-state index in [0.717, 1.165) is 6.07 Å². The van der Waals surface area contributed by atoms with Crippen molar-refractivity contribution in [3.05, 3.63) is 47.8 Å². The van der Waals surface area contributed by atoms with Crippen molar-refractivity contribution < 1.29 is 27.2 Å². The molecule has 0 aliphatic carbocycles. The molecule has 0 bridgehead atoms. The molecule has 0 radical (unpaired) electrons. The van der Waals surface area contributed by atoms with Gasteiger partial charge in [-0.2, -0.15) is 13.2 Å². The Morgan fingerprint density at radius 2 is 1.75 bits per heavy atom. The molecule has 0 atom stereocenters. The lowest BCUT2D eigenvalue weighted by Gasteiger charge is -2.10. The van der Waals surface area contributed by atoms with Crippen LogP contribution < -0.4 is 5.48 Å². The number of amides is 1. The molecule has 106 valence electrons. The van der Waals surface area contributed by atoms with Crippen LogP contribution in [0.25, 0.3) is 10.8 Å². The van der Waals surface area contributed by atoms with Crippen molar-refractivity contribution in [2.75, 3.05) is 6.61 Å². The van der Waals surface area contributed by atoms with Crippen molar-refractivity contribution in [2.45, 2.75) is 6.18 Å². The zero-order chi connectivity index (χ0) is 14.8. The molecule has 0 spiro atoms. The number of carbonyl (C=O) groups excluding carboxylic acids is 1. The monoisotopic (exact) mass is 287 g/mol. The Morgan fingerprint density at radius 1 is 1.10 bits per heavy atom. The largest absolute Gasteiger partial charge is 0.414 e. The van der Waals surface area contributed by atoms with E-state index in [1.807, 2.05) is 0 Å². The van der Waals surface area contributed by atoms with Gasteiger partial charge in [0, 0.05) is 10.9 Å². The Bertz CT molecular complexity index is 640. The molecule has 0 heterocycles. The van der Waals surface area contributed by atoms with Crippen LogP contribution in [0.2, 0.25) is 0 Å². The average Bonchev–Trinajstić information content (AvgIpc) is 2.38. The van der Waals surface area contributed by atoms with E-state index in [2.05, 4.69) is 4.84 Å². The number of carbonyl (C=O) groups is 1. The summed E-state index contributed by atoms with van der Waals surface area (Å²) >= 11 is 0. The number of rotatable bonds is 3. The molecule has 0 unspecified atom stereocenters. The zero-order valence-corrected chi connectivity index (χ0v) is 10.00. The van der Waals surface area contributed by atoms with Gasteiger partial charge in [-0.25, -0.2) is 9.87 Å². The Balaban J connectivity index is 2.21. The van der Waals surface area contributed by atoms with Crippen LogP contribution in [0, 0.1) is 5.82 Å². The van der Waals surface area contributed by atoms with E-state index >= 15 is 0 Å². The van der Waals surface area contributed by atoms with Gasteiger partial charge in [0.15, 0.2) is 6.61 Å². The molecule has 1 amide bonds. The van der Waals surface area contributed by atoms with Crippen LogP contribution in [0.3, 0.4) is 0 Å². The van der Waals surface area contributed by atoms with Crippen LogP contribution >= 0.6 is 0 Å². The molecular formula is C13H9F4NO2.